The van der Waals surface area contributed by atoms with E-state index in [1.54, 1.807) is 0 Å². The minimum absolute atomic E-state index is 0. The van der Waals surface area contributed by atoms with Crippen molar-refractivity contribution in [1.29, 1.82) is 0 Å². The van der Waals surface area contributed by atoms with Crippen LogP contribution in [0, 0.1) is 12.8 Å². The van der Waals surface area contributed by atoms with Crippen molar-refractivity contribution in [3.05, 3.63) is 11.6 Å². The summed E-state index contributed by atoms with van der Waals surface area (Å²) in [6, 6.07) is 0. The molecule has 10 heteroatoms. The van der Waals surface area contributed by atoms with Crippen molar-refractivity contribution in [2.75, 3.05) is 72.1 Å². The molecule has 1 N–H and O–H groups in total. The Kier molecular flexibility index (Phi) is 11.1. The predicted octanol–water partition coefficient (Wildman–Crippen LogP) is 1.72. The number of rotatable bonds is 8. The molecule has 3 fully saturated rings. The lowest BCUT2D eigenvalue weighted by Gasteiger charge is -2.29. The lowest BCUT2D eigenvalue weighted by molar-refractivity contribution is 0.0375. The summed E-state index contributed by atoms with van der Waals surface area (Å²) in [5.41, 5.74) is 0. The first-order chi connectivity index (χ1) is 15.7. The summed E-state index contributed by atoms with van der Waals surface area (Å²) in [4.78, 5) is 12.6. The first kappa shape index (κ1) is 26.6. The van der Waals surface area contributed by atoms with Crippen molar-refractivity contribution in [3.8, 4) is 0 Å². The van der Waals surface area contributed by atoms with Gasteiger partial charge in [0.15, 0.2) is 11.8 Å². The second kappa shape index (κ2) is 13.8. The van der Waals surface area contributed by atoms with E-state index in [2.05, 4.69) is 30.2 Å². The molecule has 4 rings (SSSR count). The first-order valence-electron chi connectivity index (χ1n) is 12.6. The number of hydrogen-bond acceptors (Lipinski definition) is 6. The van der Waals surface area contributed by atoms with Crippen LogP contribution in [0.5, 0.6) is 0 Å². The van der Waals surface area contributed by atoms with Gasteiger partial charge in [0.05, 0.1) is 13.2 Å². The molecule has 3 saturated heterocycles. The lowest BCUT2D eigenvalue weighted by atomic mass is 10.1. The number of aryl methyl sites for hydroxylation is 1. The monoisotopic (exact) mass is 574 g/mol. The van der Waals surface area contributed by atoms with Crippen LogP contribution >= 0.6 is 24.0 Å². The second-order valence-corrected chi connectivity index (χ2v) is 9.56. The Bertz CT molecular complexity index is 730. The topological polar surface area (TPSA) is 74.0 Å². The SMILES string of the molecule is Cc1nnc(CN=C(NCCCN2CCOCC2)N2CCC(CN3CCCCC3)C2)n1C.I. The molecule has 0 radical (unpaired) electrons. The largest absolute Gasteiger partial charge is 0.379 e. The van der Waals surface area contributed by atoms with Crippen LogP contribution in [0.4, 0.5) is 0 Å². The Morgan fingerprint density at radius 3 is 2.58 bits per heavy atom. The molecule has 0 saturated carbocycles. The highest BCUT2D eigenvalue weighted by molar-refractivity contribution is 14.0. The van der Waals surface area contributed by atoms with E-state index in [0.717, 1.165) is 82.4 Å². The fraction of sp³-hybridized carbons (Fsp3) is 0.870. The van der Waals surface area contributed by atoms with Crippen LogP contribution in [0.3, 0.4) is 0 Å². The lowest BCUT2D eigenvalue weighted by Crippen LogP contribution is -2.43. The summed E-state index contributed by atoms with van der Waals surface area (Å²) in [5.74, 6) is 3.62. The van der Waals surface area contributed by atoms with Gasteiger partial charge < -0.3 is 24.4 Å². The van der Waals surface area contributed by atoms with E-state index in [1.165, 1.54) is 45.3 Å². The van der Waals surface area contributed by atoms with Gasteiger partial charge in [0.25, 0.3) is 0 Å². The molecule has 188 valence electrons. The quantitative estimate of drug-likeness (QED) is 0.220. The number of nitrogens with one attached hydrogen (secondary N) is 1. The van der Waals surface area contributed by atoms with E-state index in [0.29, 0.717) is 6.54 Å². The van der Waals surface area contributed by atoms with Gasteiger partial charge in [-0.1, -0.05) is 6.42 Å². The minimum Gasteiger partial charge on any atom is -0.379 e. The number of hydrogen-bond donors (Lipinski definition) is 1. The van der Waals surface area contributed by atoms with E-state index >= 15 is 0 Å². The summed E-state index contributed by atoms with van der Waals surface area (Å²) >= 11 is 0. The highest BCUT2D eigenvalue weighted by atomic mass is 127. The molecule has 0 aromatic carbocycles. The van der Waals surface area contributed by atoms with Gasteiger partial charge in [-0.05, 0) is 58.2 Å². The number of aromatic nitrogens is 3. The van der Waals surface area contributed by atoms with Gasteiger partial charge in [0, 0.05) is 46.3 Å². The first-order valence-corrected chi connectivity index (χ1v) is 12.6. The van der Waals surface area contributed by atoms with Crippen molar-refractivity contribution < 1.29 is 4.74 Å². The molecule has 0 amide bonds. The molecule has 0 bridgehead atoms. The molecule has 4 heterocycles. The van der Waals surface area contributed by atoms with Gasteiger partial charge in [-0.15, -0.1) is 34.2 Å². The third-order valence-electron chi connectivity index (χ3n) is 7.14. The Hall–Kier alpha value is -0.980. The van der Waals surface area contributed by atoms with Gasteiger partial charge in [-0.2, -0.15) is 0 Å². The van der Waals surface area contributed by atoms with E-state index in [4.69, 9.17) is 9.73 Å². The second-order valence-electron chi connectivity index (χ2n) is 9.56. The Labute approximate surface area is 216 Å². The highest BCUT2D eigenvalue weighted by Crippen LogP contribution is 2.20. The molecule has 33 heavy (non-hydrogen) atoms. The molecule has 3 aliphatic rings. The van der Waals surface area contributed by atoms with Gasteiger partial charge >= 0.3 is 0 Å². The van der Waals surface area contributed by atoms with E-state index < -0.39 is 0 Å². The van der Waals surface area contributed by atoms with E-state index in [1.807, 2.05) is 18.5 Å². The van der Waals surface area contributed by atoms with Crippen molar-refractivity contribution in [3.63, 3.8) is 0 Å². The number of nitrogens with zero attached hydrogens (tertiary/aromatic N) is 7. The molecular weight excluding hydrogens is 531 g/mol. The molecule has 1 unspecified atom stereocenters. The molecule has 0 aliphatic carbocycles. The number of guanidine groups is 1. The van der Waals surface area contributed by atoms with Crippen molar-refractivity contribution >= 4 is 29.9 Å². The van der Waals surface area contributed by atoms with Gasteiger partial charge in [0.2, 0.25) is 0 Å². The minimum atomic E-state index is 0. The van der Waals surface area contributed by atoms with Crippen LogP contribution in [0.1, 0.15) is 43.8 Å². The number of piperidine rings is 1. The van der Waals surface area contributed by atoms with Crippen LogP contribution in [-0.4, -0.2) is 108 Å². The Morgan fingerprint density at radius 1 is 1.06 bits per heavy atom. The third kappa shape index (κ3) is 8.03. The van der Waals surface area contributed by atoms with Crippen LogP contribution in [0.15, 0.2) is 4.99 Å². The van der Waals surface area contributed by atoms with Crippen LogP contribution in [0.2, 0.25) is 0 Å². The van der Waals surface area contributed by atoms with Crippen molar-refractivity contribution in [1.82, 2.24) is 34.8 Å². The van der Waals surface area contributed by atoms with E-state index in [9.17, 15) is 0 Å². The summed E-state index contributed by atoms with van der Waals surface area (Å²) < 4.78 is 7.49. The standard InChI is InChI=1S/C23H42N8O.HI/c1-20-26-27-22(28(20)2)17-25-23(24-8-6-11-29-13-15-32-16-14-29)31-12-7-21(19-31)18-30-9-4-3-5-10-30;/h21H,3-19H2,1-2H3,(H,24,25);1H. The summed E-state index contributed by atoms with van der Waals surface area (Å²) in [6.45, 7) is 14.4. The zero-order chi connectivity index (χ0) is 22.2. The Morgan fingerprint density at radius 2 is 1.85 bits per heavy atom. The molecular formula is C23H43IN8O. The summed E-state index contributed by atoms with van der Waals surface area (Å²) in [7, 11) is 2.01. The average Bonchev–Trinajstić information content (AvgIpc) is 3.41. The molecule has 1 aromatic rings. The fourth-order valence-electron chi connectivity index (χ4n) is 5.01. The molecule has 9 nitrogen and oxygen atoms in total. The highest BCUT2D eigenvalue weighted by Gasteiger charge is 2.27. The van der Waals surface area contributed by atoms with Crippen molar-refractivity contribution in [2.24, 2.45) is 18.0 Å². The zero-order valence-electron chi connectivity index (χ0n) is 20.5. The predicted molar refractivity (Wildman–Crippen MR) is 142 cm³/mol. The average molecular weight is 575 g/mol. The number of morpholine rings is 1. The number of likely N-dealkylation sites (tertiary alicyclic amines) is 2. The molecule has 1 aromatic heterocycles. The van der Waals surface area contributed by atoms with Gasteiger partial charge in [-0.25, -0.2) is 4.99 Å². The molecule has 3 aliphatic heterocycles. The van der Waals surface area contributed by atoms with Crippen molar-refractivity contribution in [2.45, 2.75) is 45.6 Å². The maximum Gasteiger partial charge on any atom is 0.194 e. The Balaban J connectivity index is 0.00000306. The summed E-state index contributed by atoms with van der Waals surface area (Å²) in [5, 5.41) is 12.2. The van der Waals surface area contributed by atoms with Crippen LogP contribution in [-0.2, 0) is 18.3 Å². The molecule has 1 atom stereocenters. The third-order valence-corrected chi connectivity index (χ3v) is 7.14. The number of ether oxygens (including phenoxy) is 1. The van der Waals surface area contributed by atoms with Crippen LogP contribution in [0.25, 0.3) is 0 Å². The number of halogens is 1. The van der Waals surface area contributed by atoms with Crippen LogP contribution < -0.4 is 5.32 Å². The maximum absolute atomic E-state index is 5.46. The van der Waals surface area contributed by atoms with E-state index in [-0.39, 0.29) is 24.0 Å². The summed E-state index contributed by atoms with van der Waals surface area (Å²) in [6.07, 6.45) is 6.51. The smallest absolute Gasteiger partial charge is 0.194 e. The van der Waals surface area contributed by atoms with Gasteiger partial charge in [0.1, 0.15) is 12.4 Å². The zero-order valence-corrected chi connectivity index (χ0v) is 22.9. The normalized spacial score (nSPS) is 23.0. The fourth-order valence-corrected chi connectivity index (χ4v) is 5.01. The molecule has 0 spiro atoms. The van der Waals surface area contributed by atoms with Gasteiger partial charge in [-0.3, -0.25) is 4.90 Å². The maximum atomic E-state index is 5.46. The number of aliphatic imine (C=N–C) groups is 1.